The molecular weight excluding hydrogens is 212 g/mol. The highest BCUT2D eigenvalue weighted by atomic mass is 28.3. The van der Waals surface area contributed by atoms with Crippen LogP contribution in [0.3, 0.4) is 0 Å². The Hall–Kier alpha value is -0.863. The van der Waals surface area contributed by atoms with Crippen molar-refractivity contribution in [2.75, 3.05) is 0 Å². The van der Waals surface area contributed by atoms with Crippen molar-refractivity contribution < 1.29 is 5.11 Å². The molecule has 0 aliphatic heterocycles. The van der Waals surface area contributed by atoms with E-state index in [-0.39, 0.29) is 5.73 Å². The third-order valence-electron chi connectivity index (χ3n) is 3.63. The summed E-state index contributed by atoms with van der Waals surface area (Å²) in [6.07, 6.45) is 5.68. The summed E-state index contributed by atoms with van der Waals surface area (Å²) in [6, 6.07) is 10.5. The Morgan fingerprint density at radius 1 is 1.19 bits per heavy atom. The van der Waals surface area contributed by atoms with E-state index in [1.165, 1.54) is 17.2 Å². The number of aliphatic hydroxyl groups is 1. The molecule has 0 bridgehead atoms. The van der Waals surface area contributed by atoms with Crippen LogP contribution in [0.4, 0.5) is 0 Å². The zero-order valence-corrected chi connectivity index (χ0v) is 11.1. The van der Waals surface area contributed by atoms with Gasteiger partial charge in [0.2, 0.25) is 0 Å². The Bertz CT molecular complexity index is 381. The van der Waals surface area contributed by atoms with Gasteiger partial charge in [0.25, 0.3) is 0 Å². The molecule has 1 nitrogen and oxygen atoms in total. The normalized spacial score (nSPS) is 18.3. The van der Waals surface area contributed by atoms with E-state index in [2.05, 4.69) is 43.4 Å². The van der Waals surface area contributed by atoms with Crippen LogP contribution >= 0.6 is 0 Å². The summed E-state index contributed by atoms with van der Waals surface area (Å²) in [5, 5.41) is 11.9. The van der Waals surface area contributed by atoms with Gasteiger partial charge < -0.3 is 5.11 Å². The summed E-state index contributed by atoms with van der Waals surface area (Å²) in [5.74, 6) is 0. The smallest absolute Gasteiger partial charge is 0.118 e. The lowest BCUT2D eigenvalue weighted by Crippen LogP contribution is -2.53. The van der Waals surface area contributed by atoms with Crippen molar-refractivity contribution in [2.45, 2.75) is 38.1 Å². The lowest BCUT2D eigenvalue weighted by molar-refractivity contribution is 0.277. The highest BCUT2D eigenvalue weighted by molar-refractivity contribution is 6.91. The molecule has 1 aliphatic rings. The minimum Gasteiger partial charge on any atom is -0.392 e. The van der Waals surface area contributed by atoms with E-state index >= 15 is 0 Å². The summed E-state index contributed by atoms with van der Waals surface area (Å²) < 4.78 is 0. The SMILES string of the molecule is C[Si](C)(c1ccccc1)[C@H](O)C1=CCCC1. The number of hydrogen-bond donors (Lipinski definition) is 1. The Labute approximate surface area is 98.8 Å². The summed E-state index contributed by atoms with van der Waals surface area (Å²) in [7, 11) is -1.76. The largest absolute Gasteiger partial charge is 0.392 e. The molecule has 0 amide bonds. The zero-order chi connectivity index (χ0) is 11.6. The van der Waals surface area contributed by atoms with Crippen molar-refractivity contribution in [1.29, 1.82) is 0 Å². The van der Waals surface area contributed by atoms with Crippen molar-refractivity contribution in [3.05, 3.63) is 42.0 Å². The number of rotatable bonds is 3. The van der Waals surface area contributed by atoms with Crippen molar-refractivity contribution in [3.63, 3.8) is 0 Å². The first-order chi connectivity index (χ1) is 7.62. The second-order valence-corrected chi connectivity index (χ2v) is 9.73. The van der Waals surface area contributed by atoms with Crippen molar-refractivity contribution in [1.82, 2.24) is 0 Å². The molecular formula is C14H20OSi. The predicted molar refractivity (Wildman–Crippen MR) is 71.5 cm³/mol. The maximum absolute atomic E-state index is 10.5. The van der Waals surface area contributed by atoms with Gasteiger partial charge in [0.1, 0.15) is 8.07 Å². The van der Waals surface area contributed by atoms with Crippen molar-refractivity contribution in [3.8, 4) is 0 Å². The Morgan fingerprint density at radius 2 is 1.88 bits per heavy atom. The minimum absolute atomic E-state index is 0.211. The average Bonchev–Trinajstić information content (AvgIpc) is 2.82. The van der Waals surface area contributed by atoms with Crippen LogP contribution in [-0.4, -0.2) is 18.9 Å². The van der Waals surface area contributed by atoms with E-state index in [1.54, 1.807) is 0 Å². The van der Waals surface area contributed by atoms with Gasteiger partial charge in [-0.05, 0) is 24.8 Å². The van der Waals surface area contributed by atoms with Crippen LogP contribution < -0.4 is 5.19 Å². The number of allylic oxidation sites excluding steroid dienone is 1. The molecule has 0 fully saturated rings. The molecule has 1 atom stereocenters. The molecule has 86 valence electrons. The molecule has 0 saturated heterocycles. The van der Waals surface area contributed by atoms with Crippen molar-refractivity contribution in [2.24, 2.45) is 0 Å². The monoisotopic (exact) mass is 232 g/mol. The van der Waals surface area contributed by atoms with Crippen molar-refractivity contribution >= 4 is 13.3 Å². The van der Waals surface area contributed by atoms with E-state index in [1.807, 2.05) is 6.07 Å². The molecule has 1 aromatic carbocycles. The molecule has 0 radical (unpaired) electrons. The lowest BCUT2D eigenvalue weighted by Gasteiger charge is -2.30. The Kier molecular flexibility index (Phi) is 3.31. The fraction of sp³-hybridized carbons (Fsp3) is 0.429. The van der Waals surface area contributed by atoms with Crippen LogP contribution in [0, 0.1) is 0 Å². The van der Waals surface area contributed by atoms with Crippen LogP contribution in [0.25, 0.3) is 0 Å². The van der Waals surface area contributed by atoms with Gasteiger partial charge in [-0.25, -0.2) is 0 Å². The second-order valence-electron chi connectivity index (χ2n) is 5.16. The van der Waals surface area contributed by atoms with Gasteiger partial charge in [-0.3, -0.25) is 0 Å². The van der Waals surface area contributed by atoms with Gasteiger partial charge in [-0.2, -0.15) is 0 Å². The molecule has 0 heterocycles. The predicted octanol–water partition coefficient (Wildman–Crippen LogP) is 2.61. The second kappa shape index (κ2) is 4.56. The van der Waals surface area contributed by atoms with Crippen LogP contribution in [0.15, 0.2) is 42.0 Å². The van der Waals surface area contributed by atoms with E-state index in [0.717, 1.165) is 12.8 Å². The molecule has 1 N–H and O–H groups in total. The van der Waals surface area contributed by atoms with Crippen LogP contribution in [0.5, 0.6) is 0 Å². The van der Waals surface area contributed by atoms with Gasteiger partial charge in [0, 0.05) is 0 Å². The summed E-state index contributed by atoms with van der Waals surface area (Å²) in [6.45, 7) is 4.51. The first-order valence-corrected chi connectivity index (χ1v) is 9.12. The maximum atomic E-state index is 10.5. The van der Waals surface area contributed by atoms with Crippen LogP contribution in [-0.2, 0) is 0 Å². The summed E-state index contributed by atoms with van der Waals surface area (Å²) >= 11 is 0. The van der Waals surface area contributed by atoms with Gasteiger partial charge in [0.15, 0.2) is 0 Å². The molecule has 0 saturated carbocycles. The zero-order valence-electron chi connectivity index (χ0n) is 10.1. The standard InChI is InChI=1S/C14H20OSi/c1-16(2,13-10-4-3-5-11-13)14(15)12-8-6-7-9-12/h3-5,8,10-11,14-15H,6-7,9H2,1-2H3/t14-/m0/s1. The fourth-order valence-electron chi connectivity index (χ4n) is 2.43. The van der Waals surface area contributed by atoms with Gasteiger partial charge in [-0.1, -0.05) is 54.7 Å². The average molecular weight is 232 g/mol. The van der Waals surface area contributed by atoms with Gasteiger partial charge >= 0.3 is 0 Å². The van der Waals surface area contributed by atoms with Gasteiger partial charge in [0.05, 0.1) is 5.73 Å². The minimum atomic E-state index is -1.76. The molecule has 16 heavy (non-hydrogen) atoms. The molecule has 0 spiro atoms. The van der Waals surface area contributed by atoms with Crippen LogP contribution in [0.2, 0.25) is 13.1 Å². The molecule has 1 aromatic rings. The molecule has 1 aliphatic carbocycles. The highest BCUT2D eigenvalue weighted by Gasteiger charge is 2.35. The van der Waals surface area contributed by atoms with E-state index in [9.17, 15) is 5.11 Å². The van der Waals surface area contributed by atoms with E-state index in [4.69, 9.17) is 0 Å². The molecule has 2 heteroatoms. The maximum Gasteiger partial charge on any atom is 0.118 e. The number of hydrogen-bond acceptors (Lipinski definition) is 1. The molecule has 2 rings (SSSR count). The molecule has 0 aromatic heterocycles. The van der Waals surface area contributed by atoms with Crippen LogP contribution in [0.1, 0.15) is 19.3 Å². The third-order valence-corrected chi connectivity index (χ3v) is 7.19. The Balaban J connectivity index is 2.24. The molecule has 0 unspecified atom stereocenters. The van der Waals surface area contributed by atoms with Gasteiger partial charge in [-0.15, -0.1) is 0 Å². The van der Waals surface area contributed by atoms with E-state index in [0.29, 0.717) is 0 Å². The first kappa shape index (κ1) is 11.6. The number of aliphatic hydroxyl groups excluding tert-OH is 1. The number of benzene rings is 1. The fourth-order valence-corrected chi connectivity index (χ4v) is 4.99. The first-order valence-electron chi connectivity index (χ1n) is 6.05. The summed E-state index contributed by atoms with van der Waals surface area (Å²) in [5.41, 5.74) is 1.07. The topological polar surface area (TPSA) is 20.2 Å². The lowest BCUT2D eigenvalue weighted by atomic mass is 10.2. The summed E-state index contributed by atoms with van der Waals surface area (Å²) in [4.78, 5) is 0. The highest BCUT2D eigenvalue weighted by Crippen LogP contribution is 2.26. The Morgan fingerprint density at radius 3 is 2.44 bits per heavy atom. The third kappa shape index (κ3) is 2.13. The van der Waals surface area contributed by atoms with E-state index < -0.39 is 8.07 Å². The quantitative estimate of drug-likeness (QED) is 0.627.